The van der Waals surface area contributed by atoms with E-state index in [-0.39, 0.29) is 23.5 Å². The van der Waals surface area contributed by atoms with Crippen molar-refractivity contribution < 1.29 is 29.4 Å². The Kier molecular flexibility index (Phi) is 9.71. The molecule has 1 heterocycles. The lowest BCUT2D eigenvalue weighted by atomic mass is 10.0. The summed E-state index contributed by atoms with van der Waals surface area (Å²) in [6.07, 6.45) is 15.9. The van der Waals surface area contributed by atoms with Crippen molar-refractivity contribution in [3.63, 3.8) is 0 Å². The summed E-state index contributed by atoms with van der Waals surface area (Å²) in [6.45, 7) is 0. The van der Waals surface area contributed by atoms with E-state index in [9.17, 15) is 19.8 Å². The van der Waals surface area contributed by atoms with E-state index in [1.165, 1.54) is 43.7 Å². The van der Waals surface area contributed by atoms with Crippen molar-refractivity contribution in [2.45, 2.75) is 25.0 Å². The summed E-state index contributed by atoms with van der Waals surface area (Å²) < 4.78 is 5.47. The largest absolute Gasteiger partial charge is 0.507 e. The van der Waals surface area contributed by atoms with E-state index in [0.29, 0.717) is 12.0 Å². The van der Waals surface area contributed by atoms with E-state index >= 15 is 0 Å². The van der Waals surface area contributed by atoms with Gasteiger partial charge in [0.2, 0.25) is 0 Å². The molecule has 0 aliphatic carbocycles. The molecule has 2 unspecified atom stereocenters. The second-order valence-electron chi connectivity index (χ2n) is 6.46. The zero-order valence-corrected chi connectivity index (χ0v) is 17.1. The van der Waals surface area contributed by atoms with Crippen LogP contribution in [0.1, 0.15) is 28.8 Å². The maximum absolute atomic E-state index is 12.7. The van der Waals surface area contributed by atoms with Crippen molar-refractivity contribution in [1.29, 1.82) is 0 Å². The van der Waals surface area contributed by atoms with E-state index in [4.69, 9.17) is 4.74 Å². The molecule has 2 N–H and O–H groups in total. The Bertz CT molecular complexity index is 939. The van der Waals surface area contributed by atoms with Crippen LogP contribution in [0.25, 0.3) is 6.08 Å². The average molecular weight is 423 g/mol. The van der Waals surface area contributed by atoms with Gasteiger partial charge < -0.3 is 19.8 Å². The Morgan fingerprint density at radius 2 is 2.06 bits per heavy atom. The van der Waals surface area contributed by atoms with Crippen molar-refractivity contribution in [2.24, 2.45) is 5.16 Å². The number of cyclic esters (lactones) is 1. The monoisotopic (exact) mass is 423 g/mol. The molecule has 0 aromatic heterocycles. The highest BCUT2D eigenvalue weighted by Gasteiger charge is 2.23. The maximum atomic E-state index is 12.7. The van der Waals surface area contributed by atoms with Gasteiger partial charge in [0.1, 0.15) is 30.6 Å². The molecule has 0 saturated carbocycles. The maximum Gasteiger partial charge on any atom is 0.343 e. The summed E-state index contributed by atoms with van der Waals surface area (Å²) in [6, 6.07) is 4.70. The Balaban J connectivity index is 2.13. The first-order chi connectivity index (χ1) is 15.0. The van der Waals surface area contributed by atoms with Gasteiger partial charge in [-0.25, -0.2) is 4.79 Å². The quantitative estimate of drug-likeness (QED) is 0.229. The van der Waals surface area contributed by atoms with E-state index in [2.05, 4.69) is 9.99 Å². The lowest BCUT2D eigenvalue weighted by molar-refractivity contribution is -0.114. The highest BCUT2D eigenvalue weighted by atomic mass is 16.6. The smallest absolute Gasteiger partial charge is 0.343 e. The Labute approximate surface area is 181 Å². The minimum Gasteiger partial charge on any atom is -0.507 e. The minimum atomic E-state index is -1.11. The van der Waals surface area contributed by atoms with Gasteiger partial charge in [0.25, 0.3) is 0 Å². The van der Waals surface area contributed by atoms with Gasteiger partial charge in [-0.05, 0) is 36.3 Å². The highest BCUT2D eigenvalue weighted by molar-refractivity contribution is 5.97. The minimum absolute atomic E-state index is 0.0142. The van der Waals surface area contributed by atoms with Crippen LogP contribution in [0.15, 0.2) is 78.0 Å². The summed E-state index contributed by atoms with van der Waals surface area (Å²) in [5.41, 5.74) is 0.506. The number of carbonyl (C=O) groups excluding carboxylic acids is 2. The van der Waals surface area contributed by atoms with Gasteiger partial charge >= 0.3 is 5.97 Å². The van der Waals surface area contributed by atoms with Gasteiger partial charge in [-0.2, -0.15) is 0 Å². The topological polar surface area (TPSA) is 105 Å². The standard InChI is InChI=1S/C24H25NO6/c1-30-25-17-9-13-19(26)12-6-7-16-22-20(27)14-5-3-2-4-10-18-11-8-15-21(28)23(18)24(29)31-22/h2-5,7-11,13-17,20,22,27-28H,6,12H2,1H3/b3-2-,10-4+,13-9-,14-5-,16-7+,25-17+. The summed E-state index contributed by atoms with van der Waals surface area (Å²) in [5, 5.41) is 24.1. The van der Waals surface area contributed by atoms with Crippen LogP contribution in [-0.4, -0.2) is 47.5 Å². The van der Waals surface area contributed by atoms with E-state index in [0.717, 1.165) is 0 Å². The number of phenolic OH excluding ortho intramolecular Hbond substituents is 1. The molecule has 31 heavy (non-hydrogen) atoms. The number of nitrogens with zero attached hydrogens (tertiary/aromatic N) is 1. The van der Waals surface area contributed by atoms with Crippen LogP contribution in [0.3, 0.4) is 0 Å². The molecule has 1 aliphatic heterocycles. The third-order valence-electron chi connectivity index (χ3n) is 4.19. The van der Waals surface area contributed by atoms with Crippen LogP contribution in [0.4, 0.5) is 0 Å². The Morgan fingerprint density at radius 3 is 2.87 bits per heavy atom. The lowest BCUT2D eigenvalue weighted by Crippen LogP contribution is -2.28. The molecule has 0 bridgehead atoms. The van der Waals surface area contributed by atoms with Crippen molar-refractivity contribution in [1.82, 2.24) is 0 Å². The number of carbonyl (C=O) groups is 2. The molecule has 0 fully saturated rings. The summed E-state index contributed by atoms with van der Waals surface area (Å²) in [7, 11) is 1.41. The van der Waals surface area contributed by atoms with Gasteiger partial charge in [-0.1, -0.05) is 59.8 Å². The fourth-order valence-electron chi connectivity index (χ4n) is 2.68. The number of hydrogen-bond donors (Lipinski definition) is 2. The second kappa shape index (κ2) is 12.8. The molecule has 1 aromatic carbocycles. The van der Waals surface area contributed by atoms with Crippen LogP contribution in [0.5, 0.6) is 5.75 Å². The van der Waals surface area contributed by atoms with Gasteiger partial charge in [-0.3, -0.25) is 4.79 Å². The first kappa shape index (κ1) is 23.6. The Morgan fingerprint density at radius 1 is 1.26 bits per heavy atom. The van der Waals surface area contributed by atoms with Crippen molar-refractivity contribution in [3.8, 4) is 5.75 Å². The normalized spacial score (nSPS) is 22.5. The fourth-order valence-corrected chi connectivity index (χ4v) is 2.68. The summed E-state index contributed by atoms with van der Waals surface area (Å²) >= 11 is 0. The molecule has 162 valence electrons. The van der Waals surface area contributed by atoms with E-state index < -0.39 is 18.2 Å². The molecule has 2 rings (SSSR count). The van der Waals surface area contributed by atoms with Gasteiger partial charge in [0.15, 0.2) is 5.78 Å². The number of fused-ring (bicyclic) bond motifs is 1. The van der Waals surface area contributed by atoms with Gasteiger partial charge in [-0.15, -0.1) is 0 Å². The van der Waals surface area contributed by atoms with Gasteiger partial charge in [0.05, 0.1) is 6.21 Å². The zero-order valence-electron chi connectivity index (χ0n) is 17.1. The number of allylic oxidation sites excluding steroid dienone is 7. The summed E-state index contributed by atoms with van der Waals surface area (Å²) in [5.74, 6) is -1.09. The van der Waals surface area contributed by atoms with Crippen molar-refractivity contribution in [3.05, 3.63) is 84.0 Å². The zero-order chi connectivity index (χ0) is 22.5. The second-order valence-corrected chi connectivity index (χ2v) is 6.46. The van der Waals surface area contributed by atoms with Crippen molar-refractivity contribution in [2.75, 3.05) is 7.11 Å². The molecular weight excluding hydrogens is 398 g/mol. The molecule has 0 amide bonds. The predicted octanol–water partition coefficient (Wildman–Crippen LogP) is 3.51. The molecule has 2 atom stereocenters. The first-order valence-corrected chi connectivity index (χ1v) is 9.68. The molecule has 1 aromatic rings. The number of ether oxygens (including phenoxy) is 1. The van der Waals surface area contributed by atoms with Gasteiger partial charge in [0, 0.05) is 6.42 Å². The molecule has 0 spiro atoms. The third kappa shape index (κ3) is 7.91. The molecule has 0 saturated heterocycles. The van der Waals surface area contributed by atoms with E-state index in [1.54, 1.807) is 48.6 Å². The van der Waals surface area contributed by atoms with Crippen LogP contribution in [0.2, 0.25) is 0 Å². The highest BCUT2D eigenvalue weighted by Crippen LogP contribution is 2.24. The lowest BCUT2D eigenvalue weighted by Gasteiger charge is -2.19. The molecule has 7 heteroatoms. The number of aromatic hydroxyl groups is 1. The number of phenols is 1. The number of esters is 1. The molecule has 7 nitrogen and oxygen atoms in total. The van der Waals surface area contributed by atoms with Crippen molar-refractivity contribution >= 4 is 24.0 Å². The van der Waals surface area contributed by atoms with E-state index in [1.807, 2.05) is 0 Å². The third-order valence-corrected chi connectivity index (χ3v) is 4.19. The number of oxime groups is 1. The average Bonchev–Trinajstić information content (AvgIpc) is 2.74. The molecular formula is C24H25NO6. The molecule has 1 aliphatic rings. The summed E-state index contributed by atoms with van der Waals surface area (Å²) in [4.78, 5) is 29.0. The number of aliphatic hydroxyl groups is 1. The number of hydrogen-bond acceptors (Lipinski definition) is 7. The predicted molar refractivity (Wildman–Crippen MR) is 119 cm³/mol. The van der Waals surface area contributed by atoms with Crippen LogP contribution in [-0.2, 0) is 14.4 Å². The number of benzene rings is 1. The fraction of sp³-hybridized carbons (Fsp3) is 0.208. The Hall–Kier alpha value is -3.71. The number of rotatable bonds is 7. The number of ketones is 1. The number of aliphatic hydroxyl groups excluding tert-OH is 1. The van der Waals surface area contributed by atoms with Crippen LogP contribution in [0, 0.1) is 0 Å². The SMILES string of the molecule is CO/N=C/C=C\C(=O)CC/C=C/C1OC(=O)c2c(O)cccc2/C=C/C=C\C=C/C1O. The van der Waals surface area contributed by atoms with Crippen LogP contribution < -0.4 is 0 Å². The molecule has 0 radical (unpaired) electrons. The first-order valence-electron chi connectivity index (χ1n) is 9.68. The van der Waals surface area contributed by atoms with Crippen LogP contribution >= 0.6 is 0 Å².